The smallest absolute Gasteiger partial charge is 0.340 e. The van der Waals surface area contributed by atoms with Crippen LogP contribution in [0.5, 0.6) is 5.75 Å². The molecule has 0 atom stereocenters. The summed E-state index contributed by atoms with van der Waals surface area (Å²) < 4.78 is 10.2. The molecule has 1 aromatic heterocycles. The summed E-state index contributed by atoms with van der Waals surface area (Å²) in [7, 11) is 3.08. The number of rotatable bonds is 4. The zero-order valence-corrected chi connectivity index (χ0v) is 17.7. The summed E-state index contributed by atoms with van der Waals surface area (Å²) in [6.45, 7) is 0.813. The minimum Gasteiger partial charge on any atom is -0.493 e. The SMILES string of the molecule is CNc1cnccc1C(=O)OC.Clc1cccc(Nc2ccc3c(c2)OCCC3)c1. The molecule has 0 radical (unpaired) electrons. The Morgan fingerprint density at radius 1 is 1.17 bits per heavy atom. The number of fused-ring (bicyclic) bond motifs is 1. The Bertz CT molecular complexity index is 1010. The molecule has 156 valence electrons. The summed E-state index contributed by atoms with van der Waals surface area (Å²) in [5.41, 5.74) is 4.47. The highest BCUT2D eigenvalue weighted by atomic mass is 35.5. The Morgan fingerprint density at radius 3 is 2.77 bits per heavy atom. The Hall–Kier alpha value is -3.25. The summed E-state index contributed by atoms with van der Waals surface area (Å²) in [4.78, 5) is 15.0. The molecule has 3 aromatic rings. The molecule has 0 saturated heterocycles. The quantitative estimate of drug-likeness (QED) is 0.551. The number of esters is 1. The van der Waals surface area contributed by atoms with Gasteiger partial charge < -0.3 is 20.1 Å². The lowest BCUT2D eigenvalue weighted by Crippen LogP contribution is -2.08. The second kappa shape index (κ2) is 10.5. The van der Waals surface area contributed by atoms with Crippen molar-refractivity contribution in [2.75, 3.05) is 31.4 Å². The van der Waals surface area contributed by atoms with Gasteiger partial charge in [0, 0.05) is 35.7 Å². The predicted octanol–water partition coefficient (Wildman–Crippen LogP) is 5.32. The number of nitrogens with zero attached hydrogens (tertiary/aromatic N) is 1. The molecule has 1 aliphatic rings. The Kier molecular flexibility index (Phi) is 7.51. The fraction of sp³-hybridized carbons (Fsp3) is 0.217. The highest BCUT2D eigenvalue weighted by Gasteiger charge is 2.11. The maximum atomic E-state index is 11.1. The lowest BCUT2D eigenvalue weighted by Gasteiger charge is -2.18. The van der Waals surface area contributed by atoms with Crippen LogP contribution in [0.1, 0.15) is 22.3 Å². The molecule has 1 aliphatic heterocycles. The minimum absolute atomic E-state index is 0.359. The number of aromatic nitrogens is 1. The van der Waals surface area contributed by atoms with E-state index in [0.29, 0.717) is 11.3 Å². The van der Waals surface area contributed by atoms with Crippen molar-refractivity contribution in [3.8, 4) is 5.75 Å². The van der Waals surface area contributed by atoms with Gasteiger partial charge in [-0.15, -0.1) is 0 Å². The van der Waals surface area contributed by atoms with Crippen LogP contribution in [-0.2, 0) is 11.2 Å². The van der Waals surface area contributed by atoms with Crippen molar-refractivity contribution >= 4 is 34.6 Å². The van der Waals surface area contributed by atoms with Gasteiger partial charge in [-0.2, -0.15) is 0 Å². The first-order valence-corrected chi connectivity index (χ1v) is 9.97. The third-order valence-electron chi connectivity index (χ3n) is 4.52. The molecule has 7 heteroatoms. The number of nitrogens with one attached hydrogen (secondary N) is 2. The van der Waals surface area contributed by atoms with Gasteiger partial charge in [0.2, 0.25) is 0 Å². The van der Waals surface area contributed by atoms with E-state index in [0.717, 1.165) is 41.6 Å². The molecule has 30 heavy (non-hydrogen) atoms. The predicted molar refractivity (Wildman–Crippen MR) is 120 cm³/mol. The maximum Gasteiger partial charge on any atom is 0.340 e. The first kappa shape index (κ1) is 21.5. The first-order valence-electron chi connectivity index (χ1n) is 9.59. The molecule has 0 fully saturated rings. The van der Waals surface area contributed by atoms with Gasteiger partial charge in [-0.1, -0.05) is 23.7 Å². The molecule has 0 unspecified atom stereocenters. The van der Waals surface area contributed by atoms with Gasteiger partial charge in [-0.25, -0.2) is 4.79 Å². The molecule has 0 spiro atoms. The highest BCUT2D eigenvalue weighted by molar-refractivity contribution is 6.30. The van der Waals surface area contributed by atoms with Gasteiger partial charge in [0.05, 0.1) is 31.2 Å². The van der Waals surface area contributed by atoms with Crippen molar-refractivity contribution < 1.29 is 14.3 Å². The number of pyridine rings is 1. The average Bonchev–Trinajstić information content (AvgIpc) is 2.79. The summed E-state index contributed by atoms with van der Waals surface area (Å²) in [5, 5.41) is 6.91. The molecule has 0 saturated carbocycles. The molecule has 2 N–H and O–H groups in total. The second-order valence-electron chi connectivity index (χ2n) is 6.57. The summed E-state index contributed by atoms with van der Waals surface area (Å²) in [6.07, 6.45) is 5.33. The number of benzene rings is 2. The van der Waals surface area contributed by atoms with E-state index in [9.17, 15) is 4.79 Å². The van der Waals surface area contributed by atoms with E-state index in [-0.39, 0.29) is 5.97 Å². The monoisotopic (exact) mass is 425 g/mol. The highest BCUT2D eigenvalue weighted by Crippen LogP contribution is 2.29. The van der Waals surface area contributed by atoms with Crippen LogP contribution >= 0.6 is 11.6 Å². The van der Waals surface area contributed by atoms with E-state index in [1.165, 1.54) is 12.7 Å². The van der Waals surface area contributed by atoms with Crippen molar-refractivity contribution in [3.05, 3.63) is 77.1 Å². The lowest BCUT2D eigenvalue weighted by atomic mass is 10.1. The van der Waals surface area contributed by atoms with Crippen LogP contribution in [0.25, 0.3) is 0 Å². The third-order valence-corrected chi connectivity index (χ3v) is 4.76. The Balaban J connectivity index is 0.000000187. The van der Waals surface area contributed by atoms with Crippen LogP contribution in [0.4, 0.5) is 17.1 Å². The molecule has 6 nitrogen and oxygen atoms in total. The fourth-order valence-electron chi connectivity index (χ4n) is 3.03. The standard InChI is InChI=1S/C15H14ClNO.C8H10N2O2/c16-12-4-1-5-13(9-12)17-14-7-6-11-3-2-8-18-15(11)10-14;1-9-7-5-10-4-3-6(7)8(11)12-2/h1,4-7,9-10,17H,2-3,8H2;3-5,9H,1-2H3. The van der Waals surface area contributed by atoms with Crippen LogP contribution < -0.4 is 15.4 Å². The number of aryl methyl sites for hydroxylation is 1. The number of halogens is 1. The van der Waals surface area contributed by atoms with Crippen LogP contribution in [0.3, 0.4) is 0 Å². The van der Waals surface area contributed by atoms with E-state index < -0.39 is 0 Å². The van der Waals surface area contributed by atoms with Gasteiger partial charge in [-0.05, 0) is 48.7 Å². The van der Waals surface area contributed by atoms with E-state index in [4.69, 9.17) is 16.3 Å². The van der Waals surface area contributed by atoms with E-state index in [1.807, 2.05) is 24.3 Å². The molecular formula is C23H24ClN3O3. The summed E-state index contributed by atoms with van der Waals surface area (Å²) in [6, 6.07) is 15.6. The topological polar surface area (TPSA) is 72.5 Å². The normalized spacial score (nSPS) is 11.8. The lowest BCUT2D eigenvalue weighted by molar-refractivity contribution is 0.0601. The molecule has 0 amide bonds. The number of carbonyl (C=O) groups excluding carboxylic acids is 1. The first-order chi connectivity index (χ1) is 14.6. The number of anilines is 3. The third kappa shape index (κ3) is 5.64. The molecule has 2 heterocycles. The number of hydrogen-bond acceptors (Lipinski definition) is 6. The zero-order valence-electron chi connectivity index (χ0n) is 16.9. The van der Waals surface area contributed by atoms with Gasteiger partial charge in [0.1, 0.15) is 5.75 Å². The average molecular weight is 426 g/mol. The van der Waals surface area contributed by atoms with Crippen LogP contribution in [-0.4, -0.2) is 31.7 Å². The maximum absolute atomic E-state index is 11.1. The minimum atomic E-state index is -0.359. The van der Waals surface area contributed by atoms with Gasteiger partial charge in [-0.3, -0.25) is 4.98 Å². The Morgan fingerprint density at radius 2 is 2.00 bits per heavy atom. The summed E-state index contributed by atoms with van der Waals surface area (Å²) in [5.74, 6) is 0.634. The summed E-state index contributed by atoms with van der Waals surface area (Å²) >= 11 is 5.96. The van der Waals surface area contributed by atoms with E-state index in [2.05, 4.69) is 38.6 Å². The van der Waals surface area contributed by atoms with Crippen molar-refractivity contribution in [2.24, 2.45) is 0 Å². The number of carbonyl (C=O) groups is 1. The largest absolute Gasteiger partial charge is 0.493 e. The molecule has 0 aliphatic carbocycles. The van der Waals surface area contributed by atoms with E-state index >= 15 is 0 Å². The van der Waals surface area contributed by atoms with Gasteiger partial charge >= 0.3 is 5.97 Å². The van der Waals surface area contributed by atoms with Crippen LogP contribution in [0.2, 0.25) is 5.02 Å². The molecule has 2 aromatic carbocycles. The van der Waals surface area contributed by atoms with Crippen molar-refractivity contribution in [1.82, 2.24) is 4.98 Å². The number of methoxy groups -OCH3 is 1. The van der Waals surface area contributed by atoms with Crippen molar-refractivity contribution in [3.63, 3.8) is 0 Å². The second-order valence-corrected chi connectivity index (χ2v) is 7.01. The molecule has 0 bridgehead atoms. The van der Waals surface area contributed by atoms with E-state index in [1.54, 1.807) is 25.5 Å². The molecular weight excluding hydrogens is 402 g/mol. The van der Waals surface area contributed by atoms with Crippen molar-refractivity contribution in [1.29, 1.82) is 0 Å². The van der Waals surface area contributed by atoms with Gasteiger partial charge in [0.25, 0.3) is 0 Å². The number of hydrogen-bond donors (Lipinski definition) is 2. The van der Waals surface area contributed by atoms with Crippen LogP contribution in [0, 0.1) is 0 Å². The van der Waals surface area contributed by atoms with Gasteiger partial charge in [0.15, 0.2) is 0 Å². The molecule has 4 rings (SSSR count). The fourth-order valence-corrected chi connectivity index (χ4v) is 3.22. The Labute approximate surface area is 181 Å². The number of ether oxygens (including phenoxy) is 2. The van der Waals surface area contributed by atoms with Crippen molar-refractivity contribution in [2.45, 2.75) is 12.8 Å². The zero-order chi connectivity index (χ0) is 21.3. The van der Waals surface area contributed by atoms with Crippen LogP contribution in [0.15, 0.2) is 60.9 Å².